The number of likely N-dealkylation sites (N-methyl/N-ethyl adjacent to an activating group) is 1. The zero-order valence-electron chi connectivity index (χ0n) is 18.1. The minimum Gasteiger partial charge on any atom is -0.445 e. The Morgan fingerprint density at radius 1 is 1.00 bits per heavy atom. The molecule has 0 spiro atoms. The SMILES string of the molecule is CC[C@H](C)[C@H](NC(=O)OCc1ccccc1)C(=O)NCCN(C)Cc1ccccc1. The molecular formula is C24H33N3O3. The molecule has 0 radical (unpaired) electrons. The summed E-state index contributed by atoms with van der Waals surface area (Å²) in [5.74, 6) is -0.189. The molecule has 2 atom stereocenters. The summed E-state index contributed by atoms with van der Waals surface area (Å²) < 4.78 is 5.27. The van der Waals surface area contributed by atoms with Crippen LogP contribution < -0.4 is 10.6 Å². The van der Waals surface area contributed by atoms with Crippen molar-refractivity contribution in [3.63, 3.8) is 0 Å². The van der Waals surface area contributed by atoms with Crippen LogP contribution in [0.25, 0.3) is 0 Å². The molecule has 0 aliphatic heterocycles. The molecule has 30 heavy (non-hydrogen) atoms. The van der Waals surface area contributed by atoms with E-state index in [0.717, 1.165) is 18.5 Å². The average Bonchev–Trinajstić information content (AvgIpc) is 2.76. The number of benzene rings is 2. The lowest BCUT2D eigenvalue weighted by molar-refractivity contribution is -0.124. The highest BCUT2D eigenvalue weighted by Gasteiger charge is 2.26. The van der Waals surface area contributed by atoms with Gasteiger partial charge in [-0.05, 0) is 24.1 Å². The van der Waals surface area contributed by atoms with E-state index >= 15 is 0 Å². The molecule has 0 unspecified atom stereocenters. The molecule has 0 aliphatic rings. The lowest BCUT2D eigenvalue weighted by Crippen LogP contribution is -2.51. The maximum absolute atomic E-state index is 12.7. The van der Waals surface area contributed by atoms with Crippen LogP contribution >= 0.6 is 0 Å². The van der Waals surface area contributed by atoms with Gasteiger partial charge in [-0.3, -0.25) is 4.79 Å². The number of nitrogens with one attached hydrogen (secondary N) is 2. The lowest BCUT2D eigenvalue weighted by atomic mass is 9.98. The van der Waals surface area contributed by atoms with Crippen molar-refractivity contribution in [3.8, 4) is 0 Å². The second kappa shape index (κ2) is 12.6. The van der Waals surface area contributed by atoms with Gasteiger partial charge in [0.15, 0.2) is 0 Å². The van der Waals surface area contributed by atoms with Crippen LogP contribution in [0.3, 0.4) is 0 Å². The van der Waals surface area contributed by atoms with E-state index in [1.807, 2.05) is 69.4 Å². The first kappa shape index (κ1) is 23.4. The topological polar surface area (TPSA) is 70.7 Å². The molecule has 6 heteroatoms. The molecular weight excluding hydrogens is 378 g/mol. The highest BCUT2D eigenvalue weighted by Crippen LogP contribution is 2.09. The maximum Gasteiger partial charge on any atom is 0.408 e. The van der Waals surface area contributed by atoms with Crippen LogP contribution in [-0.4, -0.2) is 43.1 Å². The number of nitrogens with zero attached hydrogens (tertiary/aromatic N) is 1. The number of carbonyl (C=O) groups is 2. The molecule has 2 amide bonds. The van der Waals surface area contributed by atoms with Gasteiger partial charge in [0, 0.05) is 19.6 Å². The fourth-order valence-electron chi connectivity index (χ4n) is 3.05. The van der Waals surface area contributed by atoms with Gasteiger partial charge in [0.2, 0.25) is 5.91 Å². The molecule has 6 nitrogen and oxygen atoms in total. The summed E-state index contributed by atoms with van der Waals surface area (Å²) in [5.41, 5.74) is 2.13. The Labute approximate surface area is 179 Å². The second-order valence-corrected chi connectivity index (χ2v) is 7.58. The normalized spacial score (nSPS) is 12.8. The van der Waals surface area contributed by atoms with Crippen LogP contribution in [0.4, 0.5) is 4.79 Å². The molecule has 2 rings (SSSR count). The van der Waals surface area contributed by atoms with Gasteiger partial charge >= 0.3 is 6.09 Å². The van der Waals surface area contributed by atoms with Crippen molar-refractivity contribution in [3.05, 3.63) is 71.8 Å². The van der Waals surface area contributed by atoms with Crippen molar-refractivity contribution < 1.29 is 14.3 Å². The third kappa shape index (κ3) is 8.25. The van der Waals surface area contributed by atoms with Crippen LogP contribution in [0.2, 0.25) is 0 Å². The van der Waals surface area contributed by atoms with Crippen molar-refractivity contribution in [1.29, 1.82) is 0 Å². The number of carbonyl (C=O) groups excluding carboxylic acids is 2. The molecule has 0 saturated heterocycles. The molecule has 2 aromatic carbocycles. The van der Waals surface area contributed by atoms with Gasteiger partial charge < -0.3 is 20.3 Å². The summed E-state index contributed by atoms with van der Waals surface area (Å²) in [4.78, 5) is 27.1. The van der Waals surface area contributed by atoms with E-state index in [4.69, 9.17) is 4.74 Å². The summed E-state index contributed by atoms with van der Waals surface area (Å²) in [6.45, 7) is 6.16. The first-order valence-corrected chi connectivity index (χ1v) is 10.5. The Hall–Kier alpha value is -2.86. The summed E-state index contributed by atoms with van der Waals surface area (Å²) in [6, 6.07) is 19.0. The second-order valence-electron chi connectivity index (χ2n) is 7.58. The summed E-state index contributed by atoms with van der Waals surface area (Å²) in [7, 11) is 2.02. The molecule has 0 bridgehead atoms. The molecule has 0 fully saturated rings. The number of ether oxygens (including phenoxy) is 1. The fourth-order valence-corrected chi connectivity index (χ4v) is 3.05. The lowest BCUT2D eigenvalue weighted by Gasteiger charge is -2.24. The van der Waals surface area contributed by atoms with Crippen molar-refractivity contribution in [2.75, 3.05) is 20.1 Å². The Morgan fingerprint density at radius 2 is 1.60 bits per heavy atom. The van der Waals surface area contributed by atoms with E-state index in [-0.39, 0.29) is 18.4 Å². The molecule has 0 aliphatic carbocycles. The van der Waals surface area contributed by atoms with E-state index in [0.29, 0.717) is 13.1 Å². The number of hydrogen-bond acceptors (Lipinski definition) is 4. The third-order valence-corrected chi connectivity index (χ3v) is 5.07. The van der Waals surface area contributed by atoms with Crippen LogP contribution in [0.1, 0.15) is 31.4 Å². The number of alkyl carbamates (subject to hydrolysis) is 1. The third-order valence-electron chi connectivity index (χ3n) is 5.07. The van der Waals surface area contributed by atoms with E-state index in [9.17, 15) is 9.59 Å². The molecule has 0 saturated carbocycles. The number of hydrogen-bond donors (Lipinski definition) is 2. The van der Waals surface area contributed by atoms with E-state index in [2.05, 4.69) is 27.7 Å². The van der Waals surface area contributed by atoms with Gasteiger partial charge in [-0.15, -0.1) is 0 Å². The molecule has 2 aromatic rings. The Kier molecular flexibility index (Phi) is 9.87. The van der Waals surface area contributed by atoms with Crippen LogP contribution in [0.15, 0.2) is 60.7 Å². The fraction of sp³-hybridized carbons (Fsp3) is 0.417. The largest absolute Gasteiger partial charge is 0.445 e. The summed E-state index contributed by atoms with van der Waals surface area (Å²) in [6.07, 6.45) is 0.186. The van der Waals surface area contributed by atoms with Crippen LogP contribution in [-0.2, 0) is 22.7 Å². The number of rotatable bonds is 11. The highest BCUT2D eigenvalue weighted by atomic mass is 16.5. The standard InChI is InChI=1S/C24H33N3O3/c1-4-19(2)22(26-24(29)30-18-21-13-9-6-10-14-21)23(28)25-15-16-27(3)17-20-11-7-5-8-12-20/h5-14,19,22H,4,15-18H2,1-3H3,(H,25,28)(H,26,29)/t19-,22-/m0/s1. The van der Waals surface area contributed by atoms with Crippen molar-refractivity contribution in [2.45, 2.75) is 39.5 Å². The monoisotopic (exact) mass is 411 g/mol. The summed E-state index contributed by atoms with van der Waals surface area (Å²) >= 11 is 0. The zero-order chi connectivity index (χ0) is 21.8. The smallest absolute Gasteiger partial charge is 0.408 e. The maximum atomic E-state index is 12.7. The van der Waals surface area contributed by atoms with E-state index < -0.39 is 12.1 Å². The number of amides is 2. The van der Waals surface area contributed by atoms with Crippen molar-refractivity contribution in [2.24, 2.45) is 5.92 Å². The molecule has 2 N–H and O–H groups in total. The molecule has 162 valence electrons. The first-order valence-electron chi connectivity index (χ1n) is 10.5. The van der Waals surface area contributed by atoms with Gasteiger partial charge in [0.05, 0.1) is 0 Å². The predicted molar refractivity (Wildman–Crippen MR) is 119 cm³/mol. The van der Waals surface area contributed by atoms with Crippen molar-refractivity contribution >= 4 is 12.0 Å². The average molecular weight is 412 g/mol. The Morgan fingerprint density at radius 3 is 2.20 bits per heavy atom. The Bertz CT molecular complexity index is 768. The quantitative estimate of drug-likeness (QED) is 0.593. The van der Waals surface area contributed by atoms with Gasteiger partial charge in [0.25, 0.3) is 0 Å². The van der Waals surface area contributed by atoms with E-state index in [1.165, 1.54) is 5.56 Å². The van der Waals surface area contributed by atoms with Gasteiger partial charge in [0.1, 0.15) is 12.6 Å². The zero-order valence-corrected chi connectivity index (χ0v) is 18.1. The van der Waals surface area contributed by atoms with Crippen LogP contribution in [0.5, 0.6) is 0 Å². The molecule has 0 aromatic heterocycles. The van der Waals surface area contributed by atoms with Gasteiger partial charge in [-0.1, -0.05) is 80.9 Å². The molecule has 0 heterocycles. The minimum absolute atomic E-state index is 0.00340. The summed E-state index contributed by atoms with van der Waals surface area (Å²) in [5, 5.41) is 5.67. The van der Waals surface area contributed by atoms with Gasteiger partial charge in [-0.25, -0.2) is 4.79 Å². The van der Waals surface area contributed by atoms with Crippen molar-refractivity contribution in [1.82, 2.24) is 15.5 Å². The van der Waals surface area contributed by atoms with E-state index in [1.54, 1.807) is 0 Å². The highest BCUT2D eigenvalue weighted by molar-refractivity contribution is 5.85. The first-order chi connectivity index (χ1) is 14.5. The van der Waals surface area contributed by atoms with Gasteiger partial charge in [-0.2, -0.15) is 0 Å². The van der Waals surface area contributed by atoms with Crippen LogP contribution in [0, 0.1) is 5.92 Å². The predicted octanol–water partition coefficient (Wildman–Crippen LogP) is 3.58. The minimum atomic E-state index is -0.627. The Balaban J connectivity index is 1.78.